The molecule has 2 aromatic heterocycles. The van der Waals surface area contributed by atoms with Gasteiger partial charge in [0, 0.05) is 19.9 Å². The van der Waals surface area contributed by atoms with Crippen LogP contribution in [0.25, 0.3) is 31.3 Å². The van der Waals surface area contributed by atoms with Crippen LogP contribution in [0.15, 0.2) is 51.4 Å². The summed E-state index contributed by atoms with van der Waals surface area (Å²) in [5.74, 6) is 0. The molecule has 82 valence electrons. The lowest BCUT2D eigenvalue weighted by atomic mass is 10.2. The van der Waals surface area contributed by atoms with Gasteiger partial charge in [0.2, 0.25) is 0 Å². The third kappa shape index (κ3) is 1.30. The lowest BCUT2D eigenvalue weighted by Crippen LogP contribution is -1.64. The SMILES string of the molecule is Brc1ccc2c(c1)sc1c3ccccc3oc21. The molecule has 17 heavy (non-hydrogen) atoms. The summed E-state index contributed by atoms with van der Waals surface area (Å²) in [7, 11) is 0. The van der Waals surface area contributed by atoms with Crippen LogP contribution in [0.1, 0.15) is 0 Å². The zero-order valence-electron chi connectivity index (χ0n) is 8.74. The molecule has 4 rings (SSSR count). The van der Waals surface area contributed by atoms with Crippen molar-refractivity contribution < 1.29 is 4.42 Å². The molecule has 0 atom stereocenters. The first kappa shape index (κ1) is 9.68. The van der Waals surface area contributed by atoms with Crippen molar-refractivity contribution in [1.82, 2.24) is 0 Å². The predicted octanol–water partition coefficient (Wildman–Crippen LogP) is 5.56. The van der Waals surface area contributed by atoms with Gasteiger partial charge in [-0.25, -0.2) is 0 Å². The fraction of sp³-hybridized carbons (Fsp3) is 0. The Bertz CT molecular complexity index is 856. The zero-order chi connectivity index (χ0) is 11.4. The van der Waals surface area contributed by atoms with Gasteiger partial charge in [-0.05, 0) is 30.3 Å². The molecule has 0 spiro atoms. The topological polar surface area (TPSA) is 13.1 Å². The van der Waals surface area contributed by atoms with Gasteiger partial charge in [-0.1, -0.05) is 28.1 Å². The molecule has 0 amide bonds. The van der Waals surface area contributed by atoms with E-state index in [0.29, 0.717) is 0 Å². The standard InChI is InChI=1S/C14H7BrOS/c15-8-5-6-10-12(7-8)17-14-9-3-1-2-4-11(9)16-13(10)14/h1-7H. The Kier molecular flexibility index (Phi) is 1.90. The van der Waals surface area contributed by atoms with Gasteiger partial charge in [-0.2, -0.15) is 0 Å². The normalized spacial score (nSPS) is 11.8. The van der Waals surface area contributed by atoms with Gasteiger partial charge in [-0.3, -0.25) is 0 Å². The smallest absolute Gasteiger partial charge is 0.154 e. The Hall–Kier alpha value is -1.32. The first-order chi connectivity index (χ1) is 8.33. The number of fused-ring (bicyclic) bond motifs is 5. The molecule has 0 aliphatic heterocycles. The van der Waals surface area contributed by atoms with Gasteiger partial charge in [-0.15, -0.1) is 11.3 Å². The second-order valence-electron chi connectivity index (χ2n) is 4.00. The number of benzene rings is 2. The maximum Gasteiger partial charge on any atom is 0.154 e. The van der Waals surface area contributed by atoms with Crippen LogP contribution in [0.3, 0.4) is 0 Å². The second kappa shape index (κ2) is 3.34. The minimum atomic E-state index is 0.971. The molecule has 4 aromatic rings. The summed E-state index contributed by atoms with van der Waals surface area (Å²) in [5, 5.41) is 2.41. The number of thiophene rings is 1. The van der Waals surface area contributed by atoms with E-state index in [1.165, 1.54) is 20.2 Å². The van der Waals surface area contributed by atoms with Crippen molar-refractivity contribution in [3.05, 3.63) is 46.9 Å². The van der Waals surface area contributed by atoms with Crippen molar-refractivity contribution in [1.29, 1.82) is 0 Å². The van der Waals surface area contributed by atoms with E-state index in [4.69, 9.17) is 4.42 Å². The first-order valence-corrected chi connectivity index (χ1v) is 6.93. The molecule has 1 nitrogen and oxygen atoms in total. The summed E-state index contributed by atoms with van der Waals surface area (Å²) in [6.07, 6.45) is 0. The molecule has 0 radical (unpaired) electrons. The minimum Gasteiger partial charge on any atom is -0.454 e. The summed E-state index contributed by atoms with van der Waals surface area (Å²) in [6.45, 7) is 0. The Morgan fingerprint density at radius 3 is 2.82 bits per heavy atom. The lowest BCUT2D eigenvalue weighted by Gasteiger charge is -1.90. The molecule has 0 aliphatic rings. The van der Waals surface area contributed by atoms with Crippen LogP contribution in [0.4, 0.5) is 0 Å². The Labute approximate surface area is 110 Å². The molecule has 2 aromatic carbocycles. The van der Waals surface area contributed by atoms with Crippen molar-refractivity contribution in [2.24, 2.45) is 0 Å². The molecule has 0 saturated heterocycles. The number of para-hydroxylation sites is 1. The van der Waals surface area contributed by atoms with Crippen LogP contribution < -0.4 is 0 Å². The quantitative estimate of drug-likeness (QED) is 0.414. The number of hydrogen-bond acceptors (Lipinski definition) is 2. The molecule has 0 saturated carbocycles. The molecule has 0 fully saturated rings. The summed E-state index contributed by atoms with van der Waals surface area (Å²) >= 11 is 5.29. The Morgan fingerprint density at radius 1 is 1.00 bits per heavy atom. The first-order valence-electron chi connectivity index (χ1n) is 5.32. The zero-order valence-corrected chi connectivity index (χ0v) is 11.1. The maximum atomic E-state index is 5.94. The van der Waals surface area contributed by atoms with Crippen molar-refractivity contribution in [3.63, 3.8) is 0 Å². The van der Waals surface area contributed by atoms with E-state index >= 15 is 0 Å². The van der Waals surface area contributed by atoms with E-state index in [1.807, 2.05) is 12.1 Å². The monoisotopic (exact) mass is 302 g/mol. The lowest BCUT2D eigenvalue weighted by molar-refractivity contribution is 0.673. The highest BCUT2D eigenvalue weighted by molar-refractivity contribution is 9.10. The molecule has 0 bridgehead atoms. The minimum absolute atomic E-state index is 0.971. The predicted molar refractivity (Wildman–Crippen MR) is 76.8 cm³/mol. The second-order valence-corrected chi connectivity index (χ2v) is 5.97. The highest BCUT2D eigenvalue weighted by atomic mass is 79.9. The van der Waals surface area contributed by atoms with Crippen LogP contribution in [0, 0.1) is 0 Å². The van der Waals surface area contributed by atoms with Crippen LogP contribution in [-0.4, -0.2) is 0 Å². The van der Waals surface area contributed by atoms with E-state index in [0.717, 1.165) is 15.6 Å². The molecule has 3 heteroatoms. The number of rotatable bonds is 0. The molecule has 0 N–H and O–H groups in total. The summed E-state index contributed by atoms with van der Waals surface area (Å²) in [6, 6.07) is 14.5. The van der Waals surface area contributed by atoms with Gasteiger partial charge >= 0.3 is 0 Å². The third-order valence-corrected chi connectivity index (χ3v) is 4.61. The largest absolute Gasteiger partial charge is 0.454 e. The Balaban J connectivity index is 2.29. The van der Waals surface area contributed by atoms with Gasteiger partial charge < -0.3 is 4.42 Å². The van der Waals surface area contributed by atoms with Crippen LogP contribution in [0.2, 0.25) is 0 Å². The van der Waals surface area contributed by atoms with Crippen LogP contribution in [0.5, 0.6) is 0 Å². The van der Waals surface area contributed by atoms with Gasteiger partial charge in [0.05, 0.1) is 4.70 Å². The van der Waals surface area contributed by atoms with E-state index in [-0.39, 0.29) is 0 Å². The van der Waals surface area contributed by atoms with E-state index in [1.54, 1.807) is 11.3 Å². The number of furan rings is 1. The van der Waals surface area contributed by atoms with Crippen molar-refractivity contribution in [2.45, 2.75) is 0 Å². The fourth-order valence-corrected chi connectivity index (χ4v) is 3.89. The summed E-state index contributed by atoms with van der Waals surface area (Å²) in [4.78, 5) is 0. The van der Waals surface area contributed by atoms with Crippen LogP contribution in [-0.2, 0) is 0 Å². The van der Waals surface area contributed by atoms with Gasteiger partial charge in [0.1, 0.15) is 5.58 Å². The average Bonchev–Trinajstić information content (AvgIpc) is 2.84. The molecular formula is C14H7BrOS. The maximum absolute atomic E-state index is 5.94. The molecule has 2 heterocycles. The highest BCUT2D eigenvalue weighted by Crippen LogP contribution is 2.41. The van der Waals surface area contributed by atoms with Crippen molar-refractivity contribution in [3.8, 4) is 0 Å². The van der Waals surface area contributed by atoms with Gasteiger partial charge in [0.25, 0.3) is 0 Å². The number of hydrogen-bond donors (Lipinski definition) is 0. The molecule has 0 aliphatic carbocycles. The summed E-state index contributed by atoms with van der Waals surface area (Å²) < 4.78 is 9.56. The van der Waals surface area contributed by atoms with Gasteiger partial charge in [0.15, 0.2) is 5.58 Å². The molecular weight excluding hydrogens is 296 g/mol. The van der Waals surface area contributed by atoms with E-state index in [9.17, 15) is 0 Å². The number of halogens is 1. The van der Waals surface area contributed by atoms with Crippen molar-refractivity contribution >= 4 is 58.6 Å². The fourth-order valence-electron chi connectivity index (χ4n) is 2.18. The highest BCUT2D eigenvalue weighted by Gasteiger charge is 2.12. The molecule has 0 unspecified atom stereocenters. The van der Waals surface area contributed by atoms with Crippen LogP contribution >= 0.6 is 27.3 Å². The summed E-state index contributed by atoms with van der Waals surface area (Å²) in [5.41, 5.74) is 1.98. The van der Waals surface area contributed by atoms with E-state index < -0.39 is 0 Å². The Morgan fingerprint density at radius 2 is 1.88 bits per heavy atom. The van der Waals surface area contributed by atoms with Crippen molar-refractivity contribution in [2.75, 3.05) is 0 Å². The third-order valence-electron chi connectivity index (χ3n) is 2.95. The van der Waals surface area contributed by atoms with E-state index in [2.05, 4.69) is 46.3 Å². The average molecular weight is 303 g/mol.